The molecule has 0 aliphatic rings. The number of nitrogens with zero attached hydrogens (tertiary/aromatic N) is 4. The molecule has 136 valence electrons. The van der Waals surface area contributed by atoms with E-state index in [1.807, 2.05) is 0 Å². The Hall–Kier alpha value is -3.26. The molecule has 0 aliphatic heterocycles. The lowest BCUT2D eigenvalue weighted by atomic mass is 10.3. The van der Waals surface area contributed by atoms with E-state index in [9.17, 15) is 8.78 Å². The molecule has 27 heavy (non-hydrogen) atoms. The number of aromatic nitrogens is 4. The predicted molar refractivity (Wildman–Crippen MR) is 100 cm³/mol. The van der Waals surface area contributed by atoms with Crippen molar-refractivity contribution >= 4 is 40.0 Å². The van der Waals surface area contributed by atoms with E-state index in [1.54, 1.807) is 37.3 Å². The van der Waals surface area contributed by atoms with Gasteiger partial charge in [-0.1, -0.05) is 17.7 Å². The van der Waals surface area contributed by atoms with E-state index in [0.29, 0.717) is 27.6 Å². The summed E-state index contributed by atoms with van der Waals surface area (Å²) in [4.78, 5) is 12.6. The average Bonchev–Trinajstić information content (AvgIpc) is 2.94. The third-order valence-corrected chi connectivity index (χ3v) is 4.17. The average molecular weight is 387 g/mol. The van der Waals surface area contributed by atoms with Crippen molar-refractivity contribution in [3.05, 3.63) is 64.9 Å². The van der Waals surface area contributed by atoms with Gasteiger partial charge in [-0.3, -0.25) is 4.57 Å². The number of nitrogens with two attached hydrogens (primary N) is 1. The maximum Gasteiger partial charge on any atom is 0.239 e. The second kappa shape index (κ2) is 6.48. The first-order valence-corrected chi connectivity index (χ1v) is 8.31. The zero-order chi connectivity index (χ0) is 19.1. The summed E-state index contributed by atoms with van der Waals surface area (Å²) >= 11 is 5.96. The van der Waals surface area contributed by atoms with Crippen molar-refractivity contribution in [3.63, 3.8) is 0 Å². The second-order valence-corrected chi connectivity index (χ2v) is 6.27. The number of benzene rings is 2. The molecule has 0 aliphatic carbocycles. The molecule has 0 bridgehead atoms. The van der Waals surface area contributed by atoms with Crippen molar-refractivity contribution < 1.29 is 8.78 Å². The molecule has 0 fully saturated rings. The van der Waals surface area contributed by atoms with Gasteiger partial charge in [-0.15, -0.1) is 0 Å². The minimum atomic E-state index is -0.799. The van der Waals surface area contributed by atoms with Crippen LogP contribution in [0.2, 0.25) is 5.02 Å². The summed E-state index contributed by atoms with van der Waals surface area (Å²) in [5.41, 5.74) is 7.28. The summed E-state index contributed by atoms with van der Waals surface area (Å²) < 4.78 is 29.7. The maximum absolute atomic E-state index is 14.5. The van der Waals surface area contributed by atoms with Crippen molar-refractivity contribution in [1.82, 2.24) is 19.5 Å². The van der Waals surface area contributed by atoms with Crippen LogP contribution in [-0.2, 0) is 0 Å². The Balaban J connectivity index is 1.87. The smallest absolute Gasteiger partial charge is 0.239 e. The number of halogens is 3. The molecule has 3 N–H and O–H groups in total. The van der Waals surface area contributed by atoms with Gasteiger partial charge in [0, 0.05) is 16.8 Å². The Morgan fingerprint density at radius 1 is 1.07 bits per heavy atom. The monoisotopic (exact) mass is 386 g/mol. The van der Waals surface area contributed by atoms with Crippen LogP contribution in [0.25, 0.3) is 17.0 Å². The second-order valence-electron chi connectivity index (χ2n) is 5.83. The Morgan fingerprint density at radius 2 is 1.89 bits per heavy atom. The van der Waals surface area contributed by atoms with Crippen molar-refractivity contribution in [2.24, 2.45) is 0 Å². The highest BCUT2D eigenvalue weighted by Crippen LogP contribution is 2.26. The fourth-order valence-electron chi connectivity index (χ4n) is 2.76. The quantitative estimate of drug-likeness (QED) is 0.546. The van der Waals surface area contributed by atoms with E-state index in [4.69, 9.17) is 17.3 Å². The van der Waals surface area contributed by atoms with E-state index in [-0.39, 0.29) is 17.6 Å². The van der Waals surface area contributed by atoms with Gasteiger partial charge in [-0.05, 0) is 37.3 Å². The van der Waals surface area contributed by atoms with Gasteiger partial charge < -0.3 is 11.1 Å². The van der Waals surface area contributed by atoms with E-state index >= 15 is 0 Å². The molecule has 0 unspecified atom stereocenters. The zero-order valence-electron chi connectivity index (χ0n) is 14.0. The Morgan fingerprint density at radius 3 is 2.67 bits per heavy atom. The van der Waals surface area contributed by atoms with Crippen LogP contribution in [-0.4, -0.2) is 19.5 Å². The first-order chi connectivity index (χ1) is 12.9. The standard InChI is InChI=1S/C18H13ClF2N6/c1-9-23-13-6-5-11(20)8-14(13)27(9)18-25-16(22)15(21)17(26-18)24-12-4-2-3-10(19)7-12/h2-8H,1H3,(H3,22,24,25,26). The van der Waals surface area contributed by atoms with E-state index in [2.05, 4.69) is 20.3 Å². The highest BCUT2D eigenvalue weighted by molar-refractivity contribution is 6.30. The van der Waals surface area contributed by atoms with Gasteiger partial charge >= 0.3 is 0 Å². The topological polar surface area (TPSA) is 81.7 Å². The molecule has 0 saturated carbocycles. The lowest BCUT2D eigenvalue weighted by molar-refractivity contribution is 0.622. The fourth-order valence-corrected chi connectivity index (χ4v) is 2.95. The third-order valence-electron chi connectivity index (χ3n) is 3.94. The highest BCUT2D eigenvalue weighted by atomic mass is 35.5. The summed E-state index contributed by atoms with van der Waals surface area (Å²) in [5.74, 6) is -1.12. The normalized spacial score (nSPS) is 11.1. The molecule has 9 heteroatoms. The summed E-state index contributed by atoms with van der Waals surface area (Å²) in [6, 6.07) is 10.9. The Labute approximate surface area is 157 Å². The van der Waals surface area contributed by atoms with Crippen molar-refractivity contribution in [3.8, 4) is 5.95 Å². The zero-order valence-corrected chi connectivity index (χ0v) is 14.8. The molecule has 2 heterocycles. The fraction of sp³-hybridized carbons (Fsp3) is 0.0556. The summed E-state index contributed by atoms with van der Waals surface area (Å²) in [7, 11) is 0. The molecule has 2 aromatic heterocycles. The maximum atomic E-state index is 14.5. The van der Waals surface area contributed by atoms with Crippen LogP contribution in [0.4, 0.5) is 26.1 Å². The molecule has 4 aromatic rings. The van der Waals surface area contributed by atoms with Crippen molar-refractivity contribution in [2.75, 3.05) is 11.1 Å². The predicted octanol–water partition coefficient (Wildman–Crippen LogP) is 4.38. The van der Waals surface area contributed by atoms with Gasteiger partial charge in [0.2, 0.25) is 11.8 Å². The lowest BCUT2D eigenvalue weighted by Gasteiger charge is -2.12. The first-order valence-electron chi connectivity index (χ1n) is 7.93. The number of fused-ring (bicyclic) bond motifs is 1. The largest absolute Gasteiger partial charge is 0.381 e. The Kier molecular flexibility index (Phi) is 4.12. The molecular weight excluding hydrogens is 374 g/mol. The van der Waals surface area contributed by atoms with Crippen molar-refractivity contribution in [1.29, 1.82) is 0 Å². The van der Waals surface area contributed by atoms with Crippen LogP contribution in [0.3, 0.4) is 0 Å². The third kappa shape index (κ3) is 3.15. The number of aryl methyl sites for hydroxylation is 1. The minimum absolute atomic E-state index is 0.0732. The molecule has 0 radical (unpaired) electrons. The van der Waals surface area contributed by atoms with E-state index in [0.717, 1.165) is 0 Å². The highest BCUT2D eigenvalue weighted by Gasteiger charge is 2.18. The summed E-state index contributed by atoms with van der Waals surface area (Å²) in [6.45, 7) is 1.71. The summed E-state index contributed by atoms with van der Waals surface area (Å²) in [5, 5.41) is 3.32. The van der Waals surface area contributed by atoms with Crippen molar-refractivity contribution in [2.45, 2.75) is 6.92 Å². The van der Waals surface area contributed by atoms with Gasteiger partial charge in [0.25, 0.3) is 0 Å². The van der Waals surface area contributed by atoms with Crippen LogP contribution in [0.15, 0.2) is 42.5 Å². The van der Waals surface area contributed by atoms with Gasteiger partial charge in [-0.2, -0.15) is 14.4 Å². The molecule has 6 nitrogen and oxygen atoms in total. The van der Waals surface area contributed by atoms with Crippen LogP contribution in [0.5, 0.6) is 0 Å². The number of nitrogen functional groups attached to an aromatic ring is 1. The molecule has 2 aromatic carbocycles. The van der Waals surface area contributed by atoms with Crippen LogP contribution in [0.1, 0.15) is 5.82 Å². The number of hydrogen-bond donors (Lipinski definition) is 2. The van der Waals surface area contributed by atoms with Crippen LogP contribution < -0.4 is 11.1 Å². The molecule has 0 spiro atoms. The molecule has 4 rings (SSSR count). The SMILES string of the molecule is Cc1nc2ccc(F)cc2n1-c1nc(N)c(F)c(Nc2cccc(Cl)c2)n1. The van der Waals surface area contributed by atoms with E-state index in [1.165, 1.54) is 16.7 Å². The van der Waals surface area contributed by atoms with Gasteiger partial charge in [0.15, 0.2) is 11.6 Å². The molecular formula is C18H13ClF2N6. The number of nitrogens with one attached hydrogen (secondary N) is 1. The van der Waals surface area contributed by atoms with Gasteiger partial charge in [0.1, 0.15) is 11.6 Å². The first kappa shape index (κ1) is 17.2. The number of imidazole rings is 1. The number of anilines is 3. The summed E-state index contributed by atoms with van der Waals surface area (Å²) in [6.07, 6.45) is 0. The van der Waals surface area contributed by atoms with Gasteiger partial charge in [0.05, 0.1) is 11.0 Å². The van der Waals surface area contributed by atoms with E-state index < -0.39 is 11.6 Å². The van der Waals surface area contributed by atoms with Crippen LogP contribution in [0, 0.1) is 18.6 Å². The van der Waals surface area contributed by atoms with Gasteiger partial charge in [-0.25, -0.2) is 9.37 Å². The molecule has 0 amide bonds. The van der Waals surface area contributed by atoms with Crippen LogP contribution >= 0.6 is 11.6 Å². The number of hydrogen-bond acceptors (Lipinski definition) is 5. The minimum Gasteiger partial charge on any atom is -0.381 e. The Bertz CT molecular complexity index is 1170. The molecule has 0 atom stereocenters. The lowest BCUT2D eigenvalue weighted by Crippen LogP contribution is -2.10. The molecule has 0 saturated heterocycles. The number of rotatable bonds is 3.